The lowest BCUT2D eigenvalue weighted by Gasteiger charge is -2.16. The first-order valence-electron chi connectivity index (χ1n) is 7.91. The summed E-state index contributed by atoms with van der Waals surface area (Å²) in [4.78, 5) is 11.5. The zero-order chi connectivity index (χ0) is 14.5. The number of fused-ring (bicyclic) bond motifs is 2. The molecule has 0 bridgehead atoms. The first kappa shape index (κ1) is 12.2. The lowest BCUT2D eigenvalue weighted by Crippen LogP contribution is -2.27. The Morgan fingerprint density at radius 1 is 1.05 bits per heavy atom. The van der Waals surface area contributed by atoms with Crippen molar-refractivity contribution in [3.8, 4) is 0 Å². The summed E-state index contributed by atoms with van der Waals surface area (Å²) in [5.41, 5.74) is 1.75. The number of benzene rings is 1. The normalized spacial score (nSPS) is 18.5. The third kappa shape index (κ3) is 1.98. The van der Waals surface area contributed by atoms with Crippen molar-refractivity contribution in [1.29, 1.82) is 0 Å². The van der Waals surface area contributed by atoms with Crippen molar-refractivity contribution in [3.63, 3.8) is 0 Å². The number of rotatable bonds is 2. The summed E-state index contributed by atoms with van der Waals surface area (Å²) in [5.74, 6) is 2.76. The van der Waals surface area contributed by atoms with E-state index in [0.29, 0.717) is 11.9 Å². The fourth-order valence-electron chi connectivity index (χ4n) is 3.02. The maximum absolute atomic E-state index is 5.88. The molecule has 0 unspecified atom stereocenters. The van der Waals surface area contributed by atoms with Gasteiger partial charge in [-0.2, -0.15) is 10.1 Å². The van der Waals surface area contributed by atoms with Gasteiger partial charge in [-0.05, 0) is 25.0 Å². The largest absolute Gasteiger partial charge is 0.423 e. The molecular formula is C16H17N5O. The van der Waals surface area contributed by atoms with Crippen LogP contribution in [0.2, 0.25) is 0 Å². The highest BCUT2D eigenvalue weighted by atomic mass is 16.4. The molecule has 0 atom stereocenters. The van der Waals surface area contributed by atoms with Crippen LogP contribution in [0.4, 0.5) is 6.01 Å². The second kappa shape index (κ2) is 4.56. The van der Waals surface area contributed by atoms with Crippen LogP contribution in [0.5, 0.6) is 0 Å². The Morgan fingerprint density at radius 2 is 1.95 bits per heavy atom. The predicted octanol–water partition coefficient (Wildman–Crippen LogP) is 2.36. The Balaban J connectivity index is 1.40. The van der Waals surface area contributed by atoms with Gasteiger partial charge in [0.2, 0.25) is 0 Å². The van der Waals surface area contributed by atoms with E-state index in [-0.39, 0.29) is 0 Å². The van der Waals surface area contributed by atoms with Crippen LogP contribution in [0.3, 0.4) is 0 Å². The number of para-hydroxylation sites is 2. The second-order valence-electron chi connectivity index (χ2n) is 6.08. The molecule has 2 aromatic heterocycles. The molecule has 0 radical (unpaired) electrons. The molecule has 1 aliphatic carbocycles. The van der Waals surface area contributed by atoms with Gasteiger partial charge in [0.05, 0.1) is 6.54 Å². The number of oxazole rings is 1. The van der Waals surface area contributed by atoms with E-state index in [0.717, 1.165) is 48.8 Å². The van der Waals surface area contributed by atoms with Crippen LogP contribution in [0.1, 0.15) is 30.4 Å². The van der Waals surface area contributed by atoms with Gasteiger partial charge < -0.3 is 9.32 Å². The zero-order valence-corrected chi connectivity index (χ0v) is 12.3. The van der Waals surface area contributed by atoms with E-state index in [9.17, 15) is 0 Å². The van der Waals surface area contributed by atoms with E-state index in [2.05, 4.69) is 19.7 Å². The summed E-state index contributed by atoms with van der Waals surface area (Å²) in [6.45, 7) is 2.57. The van der Waals surface area contributed by atoms with Crippen LogP contribution in [-0.4, -0.2) is 32.8 Å². The van der Waals surface area contributed by atoms with Crippen LogP contribution in [0, 0.1) is 0 Å². The van der Waals surface area contributed by atoms with Gasteiger partial charge in [-0.1, -0.05) is 12.1 Å². The molecule has 6 nitrogen and oxygen atoms in total. The number of hydrogen-bond donors (Lipinski definition) is 0. The molecule has 1 saturated carbocycles. The van der Waals surface area contributed by atoms with Crippen molar-refractivity contribution < 1.29 is 4.42 Å². The standard InChI is InChI=1S/C16H17N5O/c1-2-4-13-12(3-1)17-16(22-13)20-8-7-14-18-15(11-5-6-11)19-21(14)10-9-20/h1-4,11H,5-10H2. The average Bonchev–Trinajstić information content (AvgIpc) is 3.23. The summed E-state index contributed by atoms with van der Waals surface area (Å²) < 4.78 is 7.94. The smallest absolute Gasteiger partial charge is 0.298 e. The Kier molecular flexibility index (Phi) is 2.53. The summed E-state index contributed by atoms with van der Waals surface area (Å²) in [6, 6.07) is 8.59. The van der Waals surface area contributed by atoms with Gasteiger partial charge >= 0.3 is 0 Å². The number of aromatic nitrogens is 4. The third-order valence-electron chi connectivity index (χ3n) is 4.45. The van der Waals surface area contributed by atoms with Crippen LogP contribution in [0.25, 0.3) is 11.1 Å². The Labute approximate surface area is 127 Å². The molecule has 2 aliphatic rings. The van der Waals surface area contributed by atoms with Crippen LogP contribution < -0.4 is 4.90 Å². The molecule has 0 spiro atoms. The van der Waals surface area contributed by atoms with Crippen molar-refractivity contribution >= 4 is 17.1 Å². The summed E-state index contributed by atoms with van der Waals surface area (Å²) in [7, 11) is 0. The van der Waals surface area contributed by atoms with E-state index in [1.807, 2.05) is 24.3 Å². The average molecular weight is 295 g/mol. The Bertz CT molecular complexity index is 774. The van der Waals surface area contributed by atoms with Crippen LogP contribution in [0.15, 0.2) is 28.7 Å². The Hall–Kier alpha value is -2.37. The SMILES string of the molecule is c1ccc2oc(N3CCc4nc(C5CC5)nn4CC3)nc2c1. The van der Waals surface area contributed by atoms with E-state index >= 15 is 0 Å². The van der Waals surface area contributed by atoms with Crippen LogP contribution >= 0.6 is 0 Å². The highest BCUT2D eigenvalue weighted by molar-refractivity contribution is 5.74. The summed E-state index contributed by atoms with van der Waals surface area (Å²) in [5, 5.41) is 4.67. The maximum atomic E-state index is 5.88. The molecule has 1 aromatic carbocycles. The van der Waals surface area contributed by atoms with Crippen LogP contribution in [-0.2, 0) is 13.0 Å². The van der Waals surface area contributed by atoms with Crippen molar-refractivity contribution in [2.45, 2.75) is 31.7 Å². The summed E-state index contributed by atoms with van der Waals surface area (Å²) in [6.07, 6.45) is 3.38. The van der Waals surface area contributed by atoms with Crippen molar-refractivity contribution in [2.24, 2.45) is 0 Å². The number of hydrogen-bond acceptors (Lipinski definition) is 5. The fourth-order valence-corrected chi connectivity index (χ4v) is 3.02. The van der Waals surface area contributed by atoms with Crippen molar-refractivity contribution in [2.75, 3.05) is 18.0 Å². The van der Waals surface area contributed by atoms with E-state index < -0.39 is 0 Å². The fraction of sp³-hybridized carbons (Fsp3) is 0.438. The van der Waals surface area contributed by atoms with Gasteiger partial charge in [-0.3, -0.25) is 0 Å². The minimum Gasteiger partial charge on any atom is -0.423 e. The zero-order valence-electron chi connectivity index (χ0n) is 12.3. The minimum atomic E-state index is 0.618. The highest BCUT2D eigenvalue weighted by Gasteiger charge is 2.30. The topological polar surface area (TPSA) is 60.0 Å². The van der Waals surface area contributed by atoms with E-state index in [1.54, 1.807) is 0 Å². The van der Waals surface area contributed by atoms with Gasteiger partial charge in [0.1, 0.15) is 11.3 Å². The van der Waals surface area contributed by atoms with Gasteiger partial charge in [0.15, 0.2) is 11.4 Å². The van der Waals surface area contributed by atoms with Gasteiger partial charge in [0, 0.05) is 25.4 Å². The van der Waals surface area contributed by atoms with Gasteiger partial charge in [-0.25, -0.2) is 9.67 Å². The molecule has 0 saturated heterocycles. The predicted molar refractivity (Wildman–Crippen MR) is 81.9 cm³/mol. The second-order valence-corrected chi connectivity index (χ2v) is 6.08. The van der Waals surface area contributed by atoms with Gasteiger partial charge in [0.25, 0.3) is 6.01 Å². The Morgan fingerprint density at radius 3 is 2.82 bits per heavy atom. The maximum Gasteiger partial charge on any atom is 0.298 e. The number of nitrogens with zero attached hydrogens (tertiary/aromatic N) is 5. The van der Waals surface area contributed by atoms with Gasteiger partial charge in [-0.15, -0.1) is 0 Å². The molecule has 5 rings (SSSR count). The molecule has 3 aromatic rings. The monoisotopic (exact) mass is 295 g/mol. The molecule has 1 aliphatic heterocycles. The minimum absolute atomic E-state index is 0.618. The molecule has 0 N–H and O–H groups in total. The molecule has 22 heavy (non-hydrogen) atoms. The van der Waals surface area contributed by atoms with E-state index in [1.165, 1.54) is 12.8 Å². The molecule has 112 valence electrons. The van der Waals surface area contributed by atoms with Crippen molar-refractivity contribution in [1.82, 2.24) is 19.7 Å². The first-order valence-corrected chi connectivity index (χ1v) is 7.91. The molecule has 0 amide bonds. The highest BCUT2D eigenvalue weighted by Crippen LogP contribution is 2.38. The molecule has 1 fully saturated rings. The third-order valence-corrected chi connectivity index (χ3v) is 4.45. The van der Waals surface area contributed by atoms with Crippen molar-refractivity contribution in [3.05, 3.63) is 35.9 Å². The molecule has 3 heterocycles. The number of anilines is 1. The lowest BCUT2D eigenvalue weighted by molar-refractivity contribution is 0.549. The quantitative estimate of drug-likeness (QED) is 0.726. The lowest BCUT2D eigenvalue weighted by atomic mass is 10.3. The first-order chi connectivity index (χ1) is 10.9. The summed E-state index contributed by atoms with van der Waals surface area (Å²) >= 11 is 0. The molecular weight excluding hydrogens is 278 g/mol. The van der Waals surface area contributed by atoms with E-state index in [4.69, 9.17) is 9.40 Å². The molecule has 6 heteroatoms.